The van der Waals surface area contributed by atoms with E-state index < -0.39 is 6.67 Å². The lowest BCUT2D eigenvalue weighted by Crippen LogP contribution is -2.54. The van der Waals surface area contributed by atoms with E-state index >= 15 is 0 Å². The first-order chi connectivity index (χ1) is 17.8. The topological polar surface area (TPSA) is 103 Å². The third-order valence-corrected chi connectivity index (χ3v) is 7.65. The van der Waals surface area contributed by atoms with Crippen LogP contribution >= 0.6 is 11.8 Å². The predicted octanol–water partition coefficient (Wildman–Crippen LogP) is 5.28. The van der Waals surface area contributed by atoms with E-state index in [1.807, 2.05) is 36.9 Å². The lowest BCUT2D eigenvalue weighted by atomic mass is 9.78. The molecule has 0 spiro atoms. The van der Waals surface area contributed by atoms with Crippen molar-refractivity contribution in [2.45, 2.75) is 39.2 Å². The Morgan fingerprint density at radius 3 is 2.78 bits per heavy atom. The van der Waals surface area contributed by atoms with Gasteiger partial charge in [-0.2, -0.15) is 5.26 Å². The number of aliphatic imine (C=N–C) groups is 1. The number of alkyl halides is 1. The van der Waals surface area contributed by atoms with Gasteiger partial charge in [0.25, 0.3) is 0 Å². The highest BCUT2D eigenvalue weighted by molar-refractivity contribution is 8.08. The maximum Gasteiger partial charge on any atom is 0.234 e. The summed E-state index contributed by atoms with van der Waals surface area (Å²) >= 11 is 1.87. The molecule has 37 heavy (non-hydrogen) atoms. The summed E-state index contributed by atoms with van der Waals surface area (Å²) in [7, 11) is 2.05. The van der Waals surface area contributed by atoms with Crippen LogP contribution in [0.5, 0.6) is 0 Å². The zero-order valence-corrected chi connectivity index (χ0v) is 23.2. The number of carbonyl (C=O) groups is 1. The number of halogens is 1. The SMILES string of the molecule is C=C/C=C(\C=C/CF)NCC(C)C1(NC)CS/C(c2cc(C)cc(C#N)c2)=C\C[C@H](C)C1.NC=NC=O. The van der Waals surface area contributed by atoms with E-state index in [0.717, 1.165) is 48.3 Å². The van der Waals surface area contributed by atoms with Gasteiger partial charge in [0.2, 0.25) is 6.41 Å². The fourth-order valence-electron chi connectivity index (χ4n) is 4.27. The van der Waals surface area contributed by atoms with Crippen molar-refractivity contribution < 1.29 is 9.18 Å². The first kappa shape index (κ1) is 31.9. The molecule has 2 unspecified atom stereocenters. The molecule has 8 heteroatoms. The lowest BCUT2D eigenvalue weighted by molar-refractivity contribution is -0.106. The minimum absolute atomic E-state index is 0.0540. The van der Waals surface area contributed by atoms with E-state index in [4.69, 9.17) is 4.79 Å². The Morgan fingerprint density at radius 2 is 2.22 bits per heavy atom. The van der Waals surface area contributed by atoms with Crippen LogP contribution in [0.25, 0.3) is 4.91 Å². The standard InChI is InChI=1S/C27H36FN3S.C2H4N2O/c1-6-8-25(9-7-12-28)31-18-22(4)27(30-5)16-20(2)10-11-26(32-19-27)24-14-21(3)13-23(15-24)17-29;3-1-4-2-5/h6-9,11,13-15,20,22,30-31H,1,10,12,16,18-19H2,2-5H3;1-2H,(H2,3,4,5)/b9-7-,25-8+,26-11-;/t20-,22?,27?;/m0./s1. The summed E-state index contributed by atoms with van der Waals surface area (Å²) in [4.78, 5) is 13.3. The smallest absolute Gasteiger partial charge is 0.234 e. The van der Waals surface area contributed by atoms with Gasteiger partial charge in [-0.1, -0.05) is 44.7 Å². The Kier molecular flexibility index (Phi) is 14.9. The van der Waals surface area contributed by atoms with Crippen molar-refractivity contribution in [1.29, 1.82) is 5.26 Å². The molecule has 1 heterocycles. The van der Waals surface area contributed by atoms with Gasteiger partial charge in [-0.25, -0.2) is 9.38 Å². The predicted molar refractivity (Wildman–Crippen MR) is 156 cm³/mol. The minimum Gasteiger partial charge on any atom is -0.390 e. The molecule has 1 aliphatic rings. The molecule has 0 fully saturated rings. The number of thioether (sulfide) groups is 1. The molecule has 200 valence electrons. The van der Waals surface area contributed by atoms with E-state index in [9.17, 15) is 9.65 Å². The van der Waals surface area contributed by atoms with Crippen molar-refractivity contribution in [3.63, 3.8) is 0 Å². The van der Waals surface area contributed by atoms with Crippen molar-refractivity contribution in [3.8, 4) is 6.07 Å². The van der Waals surface area contributed by atoms with E-state index in [1.54, 1.807) is 12.2 Å². The monoisotopic (exact) mass is 525 g/mol. The first-order valence-corrected chi connectivity index (χ1v) is 13.3. The molecular formula is C29H40FN5OS. The molecule has 0 saturated carbocycles. The van der Waals surface area contributed by atoms with E-state index in [2.05, 4.69) is 67.0 Å². The molecule has 3 atom stereocenters. The highest BCUT2D eigenvalue weighted by Crippen LogP contribution is 2.40. The fourth-order valence-corrected chi connectivity index (χ4v) is 5.72. The Bertz CT molecular complexity index is 1040. The molecule has 1 aromatic rings. The normalized spacial score (nSPS) is 22.5. The van der Waals surface area contributed by atoms with Gasteiger partial charge in [0.1, 0.15) is 6.67 Å². The van der Waals surface area contributed by atoms with Crippen LogP contribution in [0.1, 0.15) is 43.4 Å². The number of nitrogens with one attached hydrogen (secondary N) is 2. The zero-order valence-electron chi connectivity index (χ0n) is 22.3. The number of carbonyl (C=O) groups excluding carboxylic acids is 1. The second kappa shape index (κ2) is 17.3. The van der Waals surface area contributed by atoms with Gasteiger partial charge < -0.3 is 16.4 Å². The van der Waals surface area contributed by atoms with Crippen molar-refractivity contribution in [3.05, 3.63) is 77.5 Å². The third-order valence-electron chi connectivity index (χ3n) is 6.28. The van der Waals surface area contributed by atoms with E-state index in [0.29, 0.717) is 23.8 Å². The van der Waals surface area contributed by atoms with Crippen LogP contribution in [0.15, 0.2) is 65.8 Å². The number of nitriles is 1. The zero-order chi connectivity index (χ0) is 27.7. The number of hydrogen-bond acceptors (Lipinski definition) is 5. The molecule has 4 N–H and O–H groups in total. The second-order valence-corrected chi connectivity index (χ2v) is 10.1. The highest BCUT2D eigenvalue weighted by atomic mass is 32.2. The highest BCUT2D eigenvalue weighted by Gasteiger charge is 2.37. The van der Waals surface area contributed by atoms with Crippen LogP contribution in [0.3, 0.4) is 0 Å². The molecular weight excluding hydrogens is 485 g/mol. The number of allylic oxidation sites excluding steroid dienone is 5. The first-order valence-electron chi connectivity index (χ1n) is 12.3. The number of nitrogens with zero attached hydrogens (tertiary/aromatic N) is 2. The molecule has 0 aliphatic carbocycles. The molecule has 1 aromatic carbocycles. The van der Waals surface area contributed by atoms with Crippen LogP contribution in [-0.4, -0.2) is 44.3 Å². The van der Waals surface area contributed by atoms with Crippen molar-refractivity contribution in [2.24, 2.45) is 22.6 Å². The Balaban J connectivity index is 0.00000124. The summed E-state index contributed by atoms with van der Waals surface area (Å²) in [5, 5.41) is 16.5. The number of aryl methyl sites for hydroxylation is 1. The average Bonchev–Trinajstić information content (AvgIpc) is 2.88. The Labute approximate surface area is 225 Å². The van der Waals surface area contributed by atoms with Crippen LogP contribution in [0, 0.1) is 30.1 Å². The Hall–Kier alpha value is -3.15. The van der Waals surface area contributed by atoms with Gasteiger partial charge in [0.15, 0.2) is 0 Å². The number of hydrogen-bond donors (Lipinski definition) is 3. The molecule has 0 bridgehead atoms. The van der Waals surface area contributed by atoms with Crippen LogP contribution in [0.4, 0.5) is 4.39 Å². The van der Waals surface area contributed by atoms with Crippen LogP contribution in [-0.2, 0) is 4.79 Å². The molecule has 6 nitrogen and oxygen atoms in total. The third kappa shape index (κ3) is 10.8. The lowest BCUT2D eigenvalue weighted by Gasteiger charge is -2.42. The molecule has 0 radical (unpaired) electrons. The minimum atomic E-state index is -0.484. The van der Waals surface area contributed by atoms with E-state index in [-0.39, 0.29) is 5.54 Å². The summed E-state index contributed by atoms with van der Waals surface area (Å²) in [6.45, 7) is 10.7. The largest absolute Gasteiger partial charge is 0.390 e. The molecule has 1 aliphatic heterocycles. The number of amides is 1. The Morgan fingerprint density at radius 1 is 1.46 bits per heavy atom. The number of nitrogens with two attached hydrogens (primary N) is 1. The average molecular weight is 526 g/mol. The number of rotatable bonds is 10. The molecule has 1 amide bonds. The van der Waals surface area contributed by atoms with Crippen LogP contribution < -0.4 is 16.4 Å². The van der Waals surface area contributed by atoms with Gasteiger partial charge in [-0.15, -0.1) is 11.8 Å². The van der Waals surface area contributed by atoms with Crippen molar-refractivity contribution in [2.75, 3.05) is 26.0 Å². The summed E-state index contributed by atoms with van der Waals surface area (Å²) < 4.78 is 12.6. The van der Waals surface area contributed by atoms with Gasteiger partial charge >= 0.3 is 0 Å². The maximum absolute atomic E-state index is 12.6. The fraction of sp³-hybridized carbons (Fsp3) is 0.414. The quantitative estimate of drug-likeness (QED) is 0.166. The molecule has 2 rings (SSSR count). The summed E-state index contributed by atoms with van der Waals surface area (Å²) in [5.74, 6) is 1.79. The number of benzene rings is 1. The van der Waals surface area contributed by atoms with Gasteiger partial charge in [0.05, 0.1) is 18.0 Å². The summed E-state index contributed by atoms with van der Waals surface area (Å²) in [6.07, 6.45) is 12.6. The molecule has 0 aromatic heterocycles. The summed E-state index contributed by atoms with van der Waals surface area (Å²) in [6, 6.07) is 8.37. The van der Waals surface area contributed by atoms with Crippen molar-refractivity contribution in [1.82, 2.24) is 10.6 Å². The maximum atomic E-state index is 12.6. The summed E-state index contributed by atoms with van der Waals surface area (Å²) in [5.41, 5.74) is 8.37. The molecule has 0 saturated heterocycles. The second-order valence-electron chi connectivity index (χ2n) is 9.11. The van der Waals surface area contributed by atoms with Gasteiger partial charge in [0, 0.05) is 28.4 Å². The van der Waals surface area contributed by atoms with Crippen LogP contribution in [0.2, 0.25) is 0 Å². The van der Waals surface area contributed by atoms with E-state index in [1.165, 1.54) is 11.0 Å². The van der Waals surface area contributed by atoms with Crippen molar-refractivity contribution >= 4 is 29.4 Å². The van der Waals surface area contributed by atoms with Gasteiger partial charge in [-0.05, 0) is 74.1 Å². The van der Waals surface area contributed by atoms with Gasteiger partial charge in [-0.3, -0.25) is 4.79 Å².